The predicted molar refractivity (Wildman–Crippen MR) is 69.4 cm³/mol. The van der Waals surface area contributed by atoms with Crippen molar-refractivity contribution in [2.75, 3.05) is 20.2 Å². The monoisotopic (exact) mass is 262 g/mol. The number of aromatic nitrogens is 1. The molecule has 1 aliphatic rings. The number of esters is 1. The zero-order chi connectivity index (χ0) is 13.8. The Hall–Kier alpha value is -1.91. The van der Waals surface area contributed by atoms with Crippen molar-refractivity contribution in [1.29, 1.82) is 0 Å². The third kappa shape index (κ3) is 2.92. The van der Waals surface area contributed by atoms with Crippen LogP contribution in [0.1, 0.15) is 23.8 Å². The van der Waals surface area contributed by atoms with Crippen LogP contribution in [0.2, 0.25) is 0 Å². The van der Waals surface area contributed by atoms with Gasteiger partial charge in [0.15, 0.2) is 0 Å². The SMILES string of the molecule is COC(=O)[C@H]1CCN(C(=O)c2ccccn2)C[C@H]1C. The van der Waals surface area contributed by atoms with E-state index in [0.29, 0.717) is 25.2 Å². The van der Waals surface area contributed by atoms with Gasteiger partial charge in [0.1, 0.15) is 5.69 Å². The van der Waals surface area contributed by atoms with Crippen LogP contribution in [0.5, 0.6) is 0 Å². The number of hydrogen-bond donors (Lipinski definition) is 0. The highest BCUT2D eigenvalue weighted by molar-refractivity contribution is 5.92. The van der Waals surface area contributed by atoms with E-state index in [1.165, 1.54) is 7.11 Å². The number of methoxy groups -OCH3 is 1. The fourth-order valence-electron chi connectivity index (χ4n) is 2.48. The Morgan fingerprint density at radius 3 is 2.79 bits per heavy atom. The molecule has 0 spiro atoms. The van der Waals surface area contributed by atoms with Crippen LogP contribution in [0.15, 0.2) is 24.4 Å². The maximum Gasteiger partial charge on any atom is 0.309 e. The van der Waals surface area contributed by atoms with Crippen LogP contribution < -0.4 is 0 Å². The fourth-order valence-corrected chi connectivity index (χ4v) is 2.48. The minimum atomic E-state index is -0.183. The van der Waals surface area contributed by atoms with Crippen LogP contribution in [0, 0.1) is 11.8 Å². The van der Waals surface area contributed by atoms with Gasteiger partial charge in [-0.2, -0.15) is 0 Å². The van der Waals surface area contributed by atoms with Crippen LogP contribution >= 0.6 is 0 Å². The highest BCUT2D eigenvalue weighted by atomic mass is 16.5. The molecule has 0 aliphatic carbocycles. The van der Waals surface area contributed by atoms with Crippen molar-refractivity contribution >= 4 is 11.9 Å². The van der Waals surface area contributed by atoms with Crippen LogP contribution in [0.3, 0.4) is 0 Å². The molecule has 102 valence electrons. The van der Waals surface area contributed by atoms with E-state index in [1.54, 1.807) is 29.3 Å². The van der Waals surface area contributed by atoms with Crippen molar-refractivity contribution in [3.05, 3.63) is 30.1 Å². The Kier molecular flexibility index (Phi) is 4.14. The van der Waals surface area contributed by atoms with Crippen molar-refractivity contribution in [1.82, 2.24) is 9.88 Å². The van der Waals surface area contributed by atoms with Crippen molar-refractivity contribution in [3.63, 3.8) is 0 Å². The number of hydrogen-bond acceptors (Lipinski definition) is 4. The van der Waals surface area contributed by atoms with Gasteiger partial charge in [0.05, 0.1) is 13.0 Å². The molecular weight excluding hydrogens is 244 g/mol. The molecule has 2 heterocycles. The van der Waals surface area contributed by atoms with Crippen molar-refractivity contribution < 1.29 is 14.3 Å². The lowest BCUT2D eigenvalue weighted by atomic mass is 9.87. The van der Waals surface area contributed by atoms with Crippen LogP contribution in [-0.2, 0) is 9.53 Å². The molecule has 1 aromatic heterocycles. The summed E-state index contributed by atoms with van der Waals surface area (Å²) in [6, 6.07) is 5.28. The zero-order valence-corrected chi connectivity index (χ0v) is 11.2. The number of piperidine rings is 1. The van der Waals surface area contributed by atoms with Gasteiger partial charge in [0.2, 0.25) is 0 Å². The number of pyridine rings is 1. The first-order valence-electron chi connectivity index (χ1n) is 6.41. The quantitative estimate of drug-likeness (QED) is 0.755. The molecule has 0 unspecified atom stereocenters. The van der Waals surface area contributed by atoms with Crippen LogP contribution in [0.4, 0.5) is 0 Å². The van der Waals surface area contributed by atoms with Crippen LogP contribution in [0.25, 0.3) is 0 Å². The standard InChI is InChI=1S/C14H18N2O3/c1-10-9-16(8-6-11(10)14(18)19-2)13(17)12-5-3-4-7-15-12/h3-5,7,10-11H,6,8-9H2,1-2H3/t10-,11+/m1/s1. The summed E-state index contributed by atoms with van der Waals surface area (Å²) in [5, 5.41) is 0. The number of carbonyl (C=O) groups excluding carboxylic acids is 2. The molecule has 0 aromatic carbocycles. The van der Waals surface area contributed by atoms with Gasteiger partial charge >= 0.3 is 5.97 Å². The molecular formula is C14H18N2O3. The second kappa shape index (κ2) is 5.82. The number of amides is 1. The minimum absolute atomic E-state index is 0.0734. The number of rotatable bonds is 2. The Morgan fingerprint density at radius 1 is 1.42 bits per heavy atom. The smallest absolute Gasteiger partial charge is 0.309 e. The van der Waals surface area contributed by atoms with E-state index in [9.17, 15) is 9.59 Å². The Morgan fingerprint density at radius 2 is 2.21 bits per heavy atom. The number of ether oxygens (including phenoxy) is 1. The Balaban J connectivity index is 2.02. The fraction of sp³-hybridized carbons (Fsp3) is 0.500. The van der Waals surface area contributed by atoms with Gasteiger partial charge in [-0.1, -0.05) is 13.0 Å². The molecule has 0 saturated carbocycles. The summed E-state index contributed by atoms with van der Waals surface area (Å²) in [4.78, 5) is 29.6. The van der Waals surface area contributed by atoms with E-state index in [-0.39, 0.29) is 23.7 Å². The van der Waals surface area contributed by atoms with Gasteiger partial charge < -0.3 is 9.64 Å². The Labute approximate surface area is 112 Å². The van der Waals surface area contributed by atoms with Gasteiger partial charge in [-0.3, -0.25) is 14.6 Å². The number of likely N-dealkylation sites (tertiary alicyclic amines) is 1. The van der Waals surface area contributed by atoms with Crippen LogP contribution in [-0.4, -0.2) is 42.0 Å². The molecule has 1 aromatic rings. The maximum atomic E-state index is 12.2. The minimum Gasteiger partial charge on any atom is -0.469 e. The molecule has 0 N–H and O–H groups in total. The summed E-state index contributed by atoms with van der Waals surface area (Å²) in [5.41, 5.74) is 0.450. The third-order valence-electron chi connectivity index (χ3n) is 3.58. The molecule has 2 atom stereocenters. The van der Waals surface area contributed by atoms with Gasteiger partial charge in [-0.25, -0.2) is 0 Å². The molecule has 5 heteroatoms. The molecule has 19 heavy (non-hydrogen) atoms. The first kappa shape index (κ1) is 13.5. The molecule has 0 radical (unpaired) electrons. The van der Waals surface area contributed by atoms with Crippen molar-refractivity contribution in [2.24, 2.45) is 11.8 Å². The van der Waals surface area contributed by atoms with E-state index in [1.807, 2.05) is 6.92 Å². The largest absolute Gasteiger partial charge is 0.469 e. The normalized spacial score (nSPS) is 22.9. The number of nitrogens with zero attached hydrogens (tertiary/aromatic N) is 2. The lowest BCUT2D eigenvalue weighted by Crippen LogP contribution is -2.45. The highest BCUT2D eigenvalue weighted by Gasteiger charge is 2.34. The summed E-state index contributed by atoms with van der Waals surface area (Å²) >= 11 is 0. The molecule has 1 amide bonds. The van der Waals surface area contributed by atoms with E-state index < -0.39 is 0 Å². The van der Waals surface area contributed by atoms with E-state index in [4.69, 9.17) is 4.74 Å². The summed E-state index contributed by atoms with van der Waals surface area (Å²) in [7, 11) is 1.40. The topological polar surface area (TPSA) is 59.5 Å². The summed E-state index contributed by atoms with van der Waals surface area (Å²) < 4.78 is 4.79. The second-order valence-electron chi connectivity index (χ2n) is 4.86. The van der Waals surface area contributed by atoms with Gasteiger partial charge in [0.25, 0.3) is 5.91 Å². The lowest BCUT2D eigenvalue weighted by molar-refractivity contribution is -0.148. The highest BCUT2D eigenvalue weighted by Crippen LogP contribution is 2.25. The molecule has 0 bridgehead atoms. The van der Waals surface area contributed by atoms with Gasteiger partial charge in [0, 0.05) is 19.3 Å². The van der Waals surface area contributed by atoms with Gasteiger partial charge in [-0.15, -0.1) is 0 Å². The first-order valence-corrected chi connectivity index (χ1v) is 6.41. The number of carbonyl (C=O) groups is 2. The molecule has 2 rings (SSSR count). The molecule has 1 aliphatic heterocycles. The van der Waals surface area contributed by atoms with Gasteiger partial charge in [-0.05, 0) is 24.5 Å². The second-order valence-corrected chi connectivity index (χ2v) is 4.86. The van der Waals surface area contributed by atoms with Crippen molar-refractivity contribution in [2.45, 2.75) is 13.3 Å². The third-order valence-corrected chi connectivity index (χ3v) is 3.58. The van der Waals surface area contributed by atoms with Crippen molar-refractivity contribution in [3.8, 4) is 0 Å². The van der Waals surface area contributed by atoms with E-state index >= 15 is 0 Å². The summed E-state index contributed by atoms with van der Waals surface area (Å²) in [6.45, 7) is 3.11. The average Bonchev–Trinajstić information content (AvgIpc) is 2.46. The van der Waals surface area contributed by atoms with E-state index in [2.05, 4.69) is 4.98 Å². The van der Waals surface area contributed by atoms with E-state index in [0.717, 1.165) is 0 Å². The Bertz CT molecular complexity index is 461. The summed E-state index contributed by atoms with van der Waals surface area (Å²) in [5.74, 6) is -0.264. The molecule has 5 nitrogen and oxygen atoms in total. The molecule has 1 saturated heterocycles. The first-order chi connectivity index (χ1) is 9.13. The summed E-state index contributed by atoms with van der Waals surface area (Å²) in [6.07, 6.45) is 2.25. The lowest BCUT2D eigenvalue weighted by Gasteiger charge is -2.35. The maximum absolute atomic E-state index is 12.2. The average molecular weight is 262 g/mol. The zero-order valence-electron chi connectivity index (χ0n) is 11.2. The predicted octanol–water partition coefficient (Wildman–Crippen LogP) is 1.35. The molecule has 1 fully saturated rings.